The summed E-state index contributed by atoms with van der Waals surface area (Å²) in [7, 11) is 0. The molecule has 0 aliphatic heterocycles. The minimum atomic E-state index is -0.303. The second-order valence-electron chi connectivity index (χ2n) is 6.31. The topological polar surface area (TPSA) is 76.1 Å². The number of carbonyl (C=O) groups is 1. The first-order valence-electron chi connectivity index (χ1n) is 9.46. The molecule has 150 valence electrons. The average Bonchev–Trinajstić information content (AvgIpc) is 2.74. The molecule has 0 radical (unpaired) electrons. The Bertz CT molecular complexity index is 930. The van der Waals surface area contributed by atoms with E-state index in [0.717, 1.165) is 17.7 Å². The Morgan fingerprint density at radius 1 is 1.07 bits per heavy atom. The number of ether oxygens (including phenoxy) is 1. The summed E-state index contributed by atoms with van der Waals surface area (Å²) in [4.78, 5) is 20.7. The van der Waals surface area contributed by atoms with Crippen molar-refractivity contribution in [3.8, 4) is 11.1 Å². The van der Waals surface area contributed by atoms with Crippen LogP contribution in [0.1, 0.15) is 23.7 Å². The minimum absolute atomic E-state index is 0.122. The highest BCUT2D eigenvalue weighted by Crippen LogP contribution is 2.20. The normalized spacial score (nSPS) is 10.6. The molecule has 1 amide bonds. The second kappa shape index (κ2) is 10.3. The van der Waals surface area contributed by atoms with Gasteiger partial charge in [-0.05, 0) is 55.3 Å². The van der Waals surface area contributed by atoms with Crippen LogP contribution in [0.4, 0.5) is 16.0 Å². The van der Waals surface area contributed by atoms with E-state index >= 15 is 0 Å². The summed E-state index contributed by atoms with van der Waals surface area (Å²) < 4.78 is 18.6. The van der Waals surface area contributed by atoms with E-state index in [4.69, 9.17) is 4.74 Å². The SMILES string of the molecule is CCOCCCNC(=O)c1ccc(Nc2ncc(-c3cccc(F)c3)cn2)cc1. The van der Waals surface area contributed by atoms with Gasteiger partial charge < -0.3 is 15.4 Å². The third-order valence-electron chi connectivity index (χ3n) is 4.17. The minimum Gasteiger partial charge on any atom is -0.382 e. The Hall–Kier alpha value is -3.32. The van der Waals surface area contributed by atoms with Crippen LogP contribution in [0, 0.1) is 5.82 Å². The number of aromatic nitrogens is 2. The lowest BCUT2D eigenvalue weighted by Crippen LogP contribution is -2.25. The summed E-state index contributed by atoms with van der Waals surface area (Å²) in [5.41, 5.74) is 2.78. The zero-order valence-corrected chi connectivity index (χ0v) is 16.2. The number of hydrogen-bond donors (Lipinski definition) is 2. The lowest BCUT2D eigenvalue weighted by molar-refractivity contribution is 0.0944. The molecule has 0 bridgehead atoms. The Labute approximate surface area is 169 Å². The first-order chi connectivity index (χ1) is 14.2. The van der Waals surface area contributed by atoms with Gasteiger partial charge >= 0.3 is 0 Å². The van der Waals surface area contributed by atoms with Crippen molar-refractivity contribution in [3.63, 3.8) is 0 Å². The van der Waals surface area contributed by atoms with Crippen LogP contribution in [0.2, 0.25) is 0 Å². The molecule has 0 fully saturated rings. The van der Waals surface area contributed by atoms with Gasteiger partial charge in [-0.2, -0.15) is 0 Å². The smallest absolute Gasteiger partial charge is 0.251 e. The van der Waals surface area contributed by atoms with E-state index in [1.165, 1.54) is 12.1 Å². The molecule has 0 saturated carbocycles. The third-order valence-corrected chi connectivity index (χ3v) is 4.17. The maximum atomic E-state index is 13.3. The second-order valence-corrected chi connectivity index (χ2v) is 6.31. The van der Waals surface area contributed by atoms with Crippen LogP contribution >= 0.6 is 0 Å². The maximum Gasteiger partial charge on any atom is 0.251 e. The van der Waals surface area contributed by atoms with Gasteiger partial charge in [-0.25, -0.2) is 14.4 Å². The number of nitrogens with one attached hydrogen (secondary N) is 2. The maximum absolute atomic E-state index is 13.3. The zero-order valence-electron chi connectivity index (χ0n) is 16.2. The largest absolute Gasteiger partial charge is 0.382 e. The molecule has 1 aromatic heterocycles. The molecular formula is C22H23FN4O2. The molecule has 6 nitrogen and oxygen atoms in total. The van der Waals surface area contributed by atoms with Gasteiger partial charge in [-0.3, -0.25) is 4.79 Å². The first-order valence-corrected chi connectivity index (χ1v) is 9.46. The van der Waals surface area contributed by atoms with Gasteiger partial charge in [-0.1, -0.05) is 12.1 Å². The molecule has 29 heavy (non-hydrogen) atoms. The summed E-state index contributed by atoms with van der Waals surface area (Å²) in [5.74, 6) is -0.00913. The van der Waals surface area contributed by atoms with E-state index in [-0.39, 0.29) is 11.7 Å². The highest BCUT2D eigenvalue weighted by molar-refractivity contribution is 5.94. The number of rotatable bonds is 9. The molecule has 7 heteroatoms. The molecule has 0 atom stereocenters. The Morgan fingerprint density at radius 2 is 1.83 bits per heavy atom. The Morgan fingerprint density at radius 3 is 2.52 bits per heavy atom. The first kappa shape index (κ1) is 20.4. The van der Waals surface area contributed by atoms with Gasteiger partial charge in [0.15, 0.2) is 0 Å². The van der Waals surface area contributed by atoms with Crippen molar-refractivity contribution in [2.45, 2.75) is 13.3 Å². The van der Waals surface area contributed by atoms with Crippen molar-refractivity contribution < 1.29 is 13.9 Å². The van der Waals surface area contributed by atoms with Crippen LogP contribution in [-0.4, -0.2) is 35.6 Å². The van der Waals surface area contributed by atoms with E-state index in [9.17, 15) is 9.18 Å². The molecular weight excluding hydrogens is 371 g/mol. The van der Waals surface area contributed by atoms with E-state index in [1.807, 2.05) is 6.92 Å². The van der Waals surface area contributed by atoms with Gasteiger partial charge in [0.05, 0.1) is 0 Å². The molecule has 0 saturated heterocycles. The number of anilines is 2. The summed E-state index contributed by atoms with van der Waals surface area (Å²) in [6.45, 7) is 3.83. The van der Waals surface area contributed by atoms with Crippen molar-refractivity contribution in [1.29, 1.82) is 0 Å². The highest BCUT2D eigenvalue weighted by atomic mass is 19.1. The molecule has 0 unspecified atom stereocenters. The van der Waals surface area contributed by atoms with Gasteiger partial charge in [0.2, 0.25) is 5.95 Å². The molecule has 2 N–H and O–H groups in total. The predicted molar refractivity (Wildman–Crippen MR) is 111 cm³/mol. The number of halogens is 1. The number of benzene rings is 2. The van der Waals surface area contributed by atoms with Crippen LogP contribution in [0.3, 0.4) is 0 Å². The van der Waals surface area contributed by atoms with Crippen LogP contribution in [0.15, 0.2) is 60.9 Å². The van der Waals surface area contributed by atoms with E-state index in [2.05, 4.69) is 20.6 Å². The Kier molecular flexibility index (Phi) is 7.24. The average molecular weight is 394 g/mol. The van der Waals surface area contributed by atoms with E-state index in [0.29, 0.717) is 36.8 Å². The number of amides is 1. The number of nitrogens with zero attached hydrogens (tertiary/aromatic N) is 2. The third kappa shape index (κ3) is 6.08. The molecule has 0 spiro atoms. The fourth-order valence-corrected chi connectivity index (χ4v) is 2.67. The molecule has 0 aliphatic carbocycles. The summed E-state index contributed by atoms with van der Waals surface area (Å²) in [5, 5.41) is 5.94. The number of carbonyl (C=O) groups excluding carboxylic acids is 1. The predicted octanol–water partition coefficient (Wildman–Crippen LogP) is 4.18. The van der Waals surface area contributed by atoms with E-state index in [1.54, 1.807) is 48.8 Å². The molecule has 3 rings (SSSR count). The van der Waals surface area contributed by atoms with Gasteiger partial charge in [-0.15, -0.1) is 0 Å². The van der Waals surface area contributed by atoms with Crippen molar-refractivity contribution in [3.05, 3.63) is 72.3 Å². The van der Waals surface area contributed by atoms with Gasteiger partial charge in [0.25, 0.3) is 5.91 Å². The summed E-state index contributed by atoms with van der Waals surface area (Å²) in [6.07, 6.45) is 4.05. The van der Waals surface area contributed by atoms with Crippen LogP contribution in [0.5, 0.6) is 0 Å². The monoisotopic (exact) mass is 394 g/mol. The Balaban J connectivity index is 1.55. The van der Waals surface area contributed by atoms with Gasteiger partial charge in [0, 0.05) is 49.0 Å². The standard InChI is InChI=1S/C22H23FN4O2/c1-2-29-12-4-11-24-21(28)16-7-9-20(10-8-16)27-22-25-14-18(15-26-22)17-5-3-6-19(23)13-17/h3,5-10,13-15H,2,4,11-12H2,1H3,(H,24,28)(H,25,26,27). The quantitative estimate of drug-likeness (QED) is 0.533. The van der Waals surface area contributed by atoms with Crippen molar-refractivity contribution in [2.24, 2.45) is 0 Å². The fourth-order valence-electron chi connectivity index (χ4n) is 2.67. The molecule has 3 aromatic rings. The van der Waals surface area contributed by atoms with Gasteiger partial charge in [0.1, 0.15) is 5.82 Å². The lowest BCUT2D eigenvalue weighted by Gasteiger charge is -2.08. The highest BCUT2D eigenvalue weighted by Gasteiger charge is 2.06. The summed E-state index contributed by atoms with van der Waals surface area (Å²) in [6, 6.07) is 13.3. The molecule has 0 aliphatic rings. The van der Waals surface area contributed by atoms with Crippen molar-refractivity contribution in [2.75, 3.05) is 25.1 Å². The molecule has 1 heterocycles. The van der Waals surface area contributed by atoms with Crippen LogP contribution in [-0.2, 0) is 4.74 Å². The lowest BCUT2D eigenvalue weighted by atomic mass is 10.1. The summed E-state index contributed by atoms with van der Waals surface area (Å²) >= 11 is 0. The van der Waals surface area contributed by atoms with E-state index < -0.39 is 0 Å². The molecule has 2 aromatic carbocycles. The van der Waals surface area contributed by atoms with Crippen molar-refractivity contribution >= 4 is 17.5 Å². The van der Waals surface area contributed by atoms with Crippen LogP contribution < -0.4 is 10.6 Å². The van der Waals surface area contributed by atoms with Crippen molar-refractivity contribution in [1.82, 2.24) is 15.3 Å². The van der Waals surface area contributed by atoms with Crippen LogP contribution in [0.25, 0.3) is 11.1 Å². The fraction of sp³-hybridized carbons (Fsp3) is 0.227. The zero-order chi connectivity index (χ0) is 20.5. The number of hydrogen-bond acceptors (Lipinski definition) is 5.